The summed E-state index contributed by atoms with van der Waals surface area (Å²) in [5.74, 6) is -0.307. The molecule has 0 radical (unpaired) electrons. The lowest BCUT2D eigenvalue weighted by atomic mass is 10.0. The molecule has 0 spiro atoms. The van der Waals surface area contributed by atoms with Crippen molar-refractivity contribution in [1.82, 2.24) is 4.98 Å². The second-order valence-electron chi connectivity index (χ2n) is 8.16. The molecule has 0 unspecified atom stereocenters. The Balaban J connectivity index is 1.46. The second-order valence-corrected chi connectivity index (χ2v) is 8.16. The molecule has 3 aromatic carbocycles. The van der Waals surface area contributed by atoms with Crippen LogP contribution in [0.1, 0.15) is 26.3 Å². The van der Waals surface area contributed by atoms with E-state index in [4.69, 9.17) is 4.42 Å². The van der Waals surface area contributed by atoms with Gasteiger partial charge in [-0.05, 0) is 49.4 Å². The van der Waals surface area contributed by atoms with Gasteiger partial charge in [-0.1, -0.05) is 42.5 Å². The molecule has 2 heterocycles. The molecular weight excluding hydrogens is 454 g/mol. The fourth-order valence-electron chi connectivity index (χ4n) is 3.93. The number of fused-ring (bicyclic) bond motifs is 1. The third-order valence-corrected chi connectivity index (χ3v) is 5.75. The van der Waals surface area contributed by atoms with Crippen molar-refractivity contribution in [3.05, 3.63) is 124 Å². The van der Waals surface area contributed by atoms with Crippen molar-refractivity contribution >= 4 is 34.2 Å². The number of hydrogen-bond acceptors (Lipinski definition) is 5. The van der Waals surface area contributed by atoms with Crippen LogP contribution in [0.5, 0.6) is 0 Å². The van der Waals surface area contributed by atoms with Gasteiger partial charge >= 0.3 is 0 Å². The first-order valence-electron chi connectivity index (χ1n) is 11.3. The topological polar surface area (TPSA) is 101 Å². The van der Waals surface area contributed by atoms with Crippen molar-refractivity contribution < 1.29 is 14.0 Å². The molecule has 176 valence electrons. The number of benzene rings is 3. The lowest BCUT2D eigenvalue weighted by Gasteiger charge is -2.12. The fraction of sp³-hybridized carbons (Fsp3) is 0.0345. The minimum absolute atomic E-state index is 0.189. The summed E-state index contributed by atoms with van der Waals surface area (Å²) in [6.45, 7) is 1.71. The number of para-hydroxylation sites is 1. The lowest BCUT2D eigenvalue weighted by Crippen LogP contribution is -2.15. The van der Waals surface area contributed by atoms with Crippen molar-refractivity contribution in [2.45, 2.75) is 6.92 Å². The Bertz CT molecular complexity index is 1640. The molecule has 0 aliphatic rings. The van der Waals surface area contributed by atoms with Crippen molar-refractivity contribution in [2.24, 2.45) is 0 Å². The molecule has 0 aliphatic heterocycles. The molecule has 36 heavy (non-hydrogen) atoms. The monoisotopic (exact) mass is 475 g/mol. The summed E-state index contributed by atoms with van der Waals surface area (Å²) < 4.78 is 6.15. The summed E-state index contributed by atoms with van der Waals surface area (Å²) in [4.78, 5) is 42.7. The predicted molar refractivity (Wildman–Crippen MR) is 139 cm³/mol. The number of nitrogens with zero attached hydrogens (tertiary/aromatic N) is 1. The standard InChI is InChI=1S/C29H21N3O4/c1-18-25(33)23-11-6-12-24(27(23)36-26(18)19-7-3-2-4-8-19)29(35)32-22-10-5-9-21(17-22)31-28(34)20-13-15-30-16-14-20/h2-17H,1H3,(H,31,34)(H,32,35). The van der Waals surface area contributed by atoms with Crippen LogP contribution in [-0.2, 0) is 0 Å². The van der Waals surface area contributed by atoms with E-state index in [2.05, 4.69) is 15.6 Å². The molecule has 5 aromatic rings. The third kappa shape index (κ3) is 4.50. The molecule has 2 amide bonds. The molecule has 0 aliphatic carbocycles. The highest BCUT2D eigenvalue weighted by molar-refractivity contribution is 6.12. The zero-order valence-electron chi connectivity index (χ0n) is 19.3. The van der Waals surface area contributed by atoms with E-state index in [0.29, 0.717) is 33.6 Å². The van der Waals surface area contributed by atoms with Gasteiger partial charge in [-0.3, -0.25) is 19.4 Å². The normalized spacial score (nSPS) is 10.7. The van der Waals surface area contributed by atoms with E-state index in [1.165, 1.54) is 0 Å². The van der Waals surface area contributed by atoms with Crippen LogP contribution >= 0.6 is 0 Å². The SMILES string of the molecule is Cc1c(-c2ccccc2)oc2c(C(=O)Nc3cccc(NC(=O)c4ccncc4)c3)cccc2c1=O. The number of aromatic nitrogens is 1. The first kappa shape index (κ1) is 22.7. The van der Waals surface area contributed by atoms with Gasteiger partial charge in [0, 0.05) is 40.5 Å². The molecular formula is C29H21N3O4. The molecule has 5 rings (SSSR count). The number of carbonyl (C=O) groups is 2. The third-order valence-electron chi connectivity index (χ3n) is 5.75. The highest BCUT2D eigenvalue weighted by Crippen LogP contribution is 2.28. The molecule has 0 bridgehead atoms. The van der Waals surface area contributed by atoms with Crippen LogP contribution in [0.3, 0.4) is 0 Å². The maximum absolute atomic E-state index is 13.3. The minimum Gasteiger partial charge on any atom is -0.455 e. The van der Waals surface area contributed by atoms with E-state index in [-0.39, 0.29) is 22.5 Å². The average Bonchev–Trinajstić information content (AvgIpc) is 2.91. The Labute approximate surface area is 206 Å². The smallest absolute Gasteiger partial charge is 0.259 e. The van der Waals surface area contributed by atoms with Gasteiger partial charge in [0.25, 0.3) is 11.8 Å². The highest BCUT2D eigenvalue weighted by atomic mass is 16.3. The number of pyridine rings is 1. The Kier molecular flexibility index (Phi) is 6.11. The largest absolute Gasteiger partial charge is 0.455 e. The van der Waals surface area contributed by atoms with Crippen molar-refractivity contribution in [3.63, 3.8) is 0 Å². The van der Waals surface area contributed by atoms with Gasteiger partial charge in [0.2, 0.25) is 0 Å². The number of nitrogens with one attached hydrogen (secondary N) is 2. The quantitative estimate of drug-likeness (QED) is 0.341. The number of rotatable bonds is 5. The van der Waals surface area contributed by atoms with E-state index in [0.717, 1.165) is 5.56 Å². The van der Waals surface area contributed by atoms with E-state index in [1.807, 2.05) is 30.3 Å². The fourth-order valence-corrected chi connectivity index (χ4v) is 3.93. The molecule has 0 saturated heterocycles. The van der Waals surface area contributed by atoms with Crippen molar-refractivity contribution in [3.8, 4) is 11.3 Å². The van der Waals surface area contributed by atoms with Crippen LogP contribution in [0, 0.1) is 6.92 Å². The van der Waals surface area contributed by atoms with E-state index in [9.17, 15) is 14.4 Å². The van der Waals surface area contributed by atoms with Crippen molar-refractivity contribution in [1.29, 1.82) is 0 Å². The summed E-state index contributed by atoms with van der Waals surface area (Å²) in [6, 6.07) is 24.2. The molecule has 0 atom stereocenters. The summed E-state index contributed by atoms with van der Waals surface area (Å²) in [7, 11) is 0. The zero-order chi connectivity index (χ0) is 25.1. The maximum Gasteiger partial charge on any atom is 0.259 e. The summed E-state index contributed by atoms with van der Waals surface area (Å²) in [5.41, 5.74) is 2.94. The minimum atomic E-state index is -0.441. The molecule has 7 heteroatoms. The van der Waals surface area contributed by atoms with Gasteiger partial charge < -0.3 is 15.1 Å². The number of amides is 2. The van der Waals surface area contributed by atoms with E-state index >= 15 is 0 Å². The highest BCUT2D eigenvalue weighted by Gasteiger charge is 2.18. The number of carbonyl (C=O) groups excluding carboxylic acids is 2. The maximum atomic E-state index is 13.3. The van der Waals surface area contributed by atoms with Crippen LogP contribution in [0.15, 0.2) is 107 Å². The molecule has 7 nitrogen and oxygen atoms in total. The van der Waals surface area contributed by atoms with E-state index in [1.54, 1.807) is 73.9 Å². The summed E-state index contributed by atoms with van der Waals surface area (Å²) in [5, 5.41) is 5.97. The first-order valence-corrected chi connectivity index (χ1v) is 11.3. The van der Waals surface area contributed by atoms with E-state index < -0.39 is 5.91 Å². The number of anilines is 2. The van der Waals surface area contributed by atoms with Crippen LogP contribution < -0.4 is 16.1 Å². The van der Waals surface area contributed by atoms with Gasteiger partial charge in [0.1, 0.15) is 5.76 Å². The molecule has 0 fully saturated rings. The van der Waals surface area contributed by atoms with Crippen molar-refractivity contribution in [2.75, 3.05) is 10.6 Å². The van der Waals surface area contributed by atoms with Crippen LogP contribution in [0.4, 0.5) is 11.4 Å². The summed E-state index contributed by atoms with van der Waals surface area (Å²) in [6.07, 6.45) is 3.08. The molecule has 2 aromatic heterocycles. The zero-order valence-corrected chi connectivity index (χ0v) is 19.3. The molecule has 2 N–H and O–H groups in total. The van der Waals surface area contributed by atoms with Crippen LogP contribution in [-0.4, -0.2) is 16.8 Å². The average molecular weight is 476 g/mol. The Morgan fingerprint density at radius 2 is 1.44 bits per heavy atom. The Hall–Kier alpha value is -5.04. The van der Waals surface area contributed by atoms with Gasteiger partial charge in [0.15, 0.2) is 11.0 Å². The van der Waals surface area contributed by atoms with Gasteiger partial charge in [-0.25, -0.2) is 0 Å². The van der Waals surface area contributed by atoms with Gasteiger partial charge in [0.05, 0.1) is 10.9 Å². The molecule has 0 saturated carbocycles. The lowest BCUT2D eigenvalue weighted by molar-refractivity contribution is 0.101. The van der Waals surface area contributed by atoms with Gasteiger partial charge in [-0.2, -0.15) is 0 Å². The van der Waals surface area contributed by atoms with Crippen LogP contribution in [0.25, 0.3) is 22.3 Å². The second kappa shape index (κ2) is 9.68. The first-order chi connectivity index (χ1) is 17.5. The predicted octanol–water partition coefficient (Wildman–Crippen LogP) is 5.67. The number of hydrogen-bond donors (Lipinski definition) is 2. The summed E-state index contributed by atoms with van der Waals surface area (Å²) >= 11 is 0. The Morgan fingerprint density at radius 3 is 2.17 bits per heavy atom. The Morgan fingerprint density at radius 1 is 0.778 bits per heavy atom. The van der Waals surface area contributed by atoms with Crippen LogP contribution in [0.2, 0.25) is 0 Å². The van der Waals surface area contributed by atoms with Gasteiger partial charge in [-0.15, -0.1) is 0 Å².